The first-order chi connectivity index (χ1) is 7.11. The van der Waals surface area contributed by atoms with Gasteiger partial charge in [0.1, 0.15) is 5.56 Å². The molecule has 6 heteroatoms. The van der Waals surface area contributed by atoms with Crippen LogP contribution in [0.25, 0.3) is 0 Å². The molecule has 0 unspecified atom stereocenters. The van der Waals surface area contributed by atoms with Crippen LogP contribution in [-0.2, 0) is 0 Å². The molecule has 0 amide bonds. The molecule has 15 heavy (non-hydrogen) atoms. The van der Waals surface area contributed by atoms with E-state index in [9.17, 15) is 9.59 Å². The molecule has 3 N–H and O–H groups in total. The normalized spacial score (nSPS) is 10.6. The summed E-state index contributed by atoms with van der Waals surface area (Å²) in [6.45, 7) is -0.862. The molecule has 0 spiro atoms. The van der Waals surface area contributed by atoms with Crippen LogP contribution in [0.3, 0.4) is 0 Å². The quantitative estimate of drug-likeness (QED) is 0.600. The second-order valence-electron chi connectivity index (χ2n) is 2.96. The minimum Gasteiger partial charge on any atom is -0.477 e. The number of carboxylic acids is 1. The molecule has 0 saturated heterocycles. The predicted octanol–water partition coefficient (Wildman–Crippen LogP) is -0.928. The SMILES string of the molecule is O=C(O)c1cccn(C(CO)CO)c1=O. The van der Waals surface area contributed by atoms with E-state index in [1.165, 1.54) is 18.3 Å². The molecular weight excluding hydrogens is 202 g/mol. The Kier molecular flexibility index (Phi) is 3.59. The van der Waals surface area contributed by atoms with Gasteiger partial charge in [-0.2, -0.15) is 0 Å². The fraction of sp³-hybridized carbons (Fsp3) is 0.333. The first-order valence-electron chi connectivity index (χ1n) is 4.28. The summed E-state index contributed by atoms with van der Waals surface area (Å²) in [5, 5.41) is 26.4. The first kappa shape index (κ1) is 11.4. The van der Waals surface area contributed by atoms with Gasteiger partial charge >= 0.3 is 5.97 Å². The van der Waals surface area contributed by atoms with Crippen molar-refractivity contribution in [2.45, 2.75) is 6.04 Å². The Morgan fingerprint density at radius 3 is 2.47 bits per heavy atom. The molecule has 82 valence electrons. The fourth-order valence-electron chi connectivity index (χ4n) is 1.19. The molecule has 1 aromatic rings. The highest BCUT2D eigenvalue weighted by molar-refractivity contribution is 5.86. The average Bonchev–Trinajstić information content (AvgIpc) is 2.21. The topological polar surface area (TPSA) is 99.8 Å². The second-order valence-corrected chi connectivity index (χ2v) is 2.96. The molecule has 0 saturated carbocycles. The summed E-state index contributed by atoms with van der Waals surface area (Å²) < 4.78 is 1.00. The van der Waals surface area contributed by atoms with Crippen LogP contribution in [0.1, 0.15) is 16.4 Å². The molecule has 0 aliphatic heterocycles. The van der Waals surface area contributed by atoms with Gasteiger partial charge < -0.3 is 19.9 Å². The van der Waals surface area contributed by atoms with E-state index in [1.807, 2.05) is 0 Å². The second kappa shape index (κ2) is 4.72. The summed E-state index contributed by atoms with van der Waals surface area (Å²) in [4.78, 5) is 22.2. The van der Waals surface area contributed by atoms with Crippen molar-refractivity contribution in [2.24, 2.45) is 0 Å². The highest BCUT2D eigenvalue weighted by atomic mass is 16.4. The molecule has 0 aliphatic carbocycles. The number of pyridine rings is 1. The van der Waals surface area contributed by atoms with Crippen LogP contribution >= 0.6 is 0 Å². The van der Waals surface area contributed by atoms with Crippen molar-refractivity contribution in [2.75, 3.05) is 13.2 Å². The van der Waals surface area contributed by atoms with E-state index in [2.05, 4.69) is 0 Å². The maximum Gasteiger partial charge on any atom is 0.341 e. The van der Waals surface area contributed by atoms with E-state index in [4.69, 9.17) is 15.3 Å². The Balaban J connectivity index is 3.26. The van der Waals surface area contributed by atoms with Crippen molar-refractivity contribution in [1.82, 2.24) is 4.57 Å². The van der Waals surface area contributed by atoms with Gasteiger partial charge in [0.05, 0.1) is 19.3 Å². The Morgan fingerprint density at radius 1 is 1.40 bits per heavy atom. The van der Waals surface area contributed by atoms with Crippen LogP contribution in [0.2, 0.25) is 0 Å². The molecule has 1 heterocycles. The zero-order valence-corrected chi connectivity index (χ0v) is 7.83. The number of carboxylic acid groups (broad SMARTS) is 1. The van der Waals surface area contributed by atoms with Gasteiger partial charge in [-0.05, 0) is 12.1 Å². The highest BCUT2D eigenvalue weighted by Crippen LogP contribution is 2.02. The smallest absolute Gasteiger partial charge is 0.341 e. The first-order valence-corrected chi connectivity index (χ1v) is 4.28. The van der Waals surface area contributed by atoms with Crippen LogP contribution in [0, 0.1) is 0 Å². The largest absolute Gasteiger partial charge is 0.477 e. The van der Waals surface area contributed by atoms with Crippen molar-refractivity contribution < 1.29 is 20.1 Å². The molecule has 0 aliphatic rings. The summed E-state index contributed by atoms with van der Waals surface area (Å²) in [5.41, 5.74) is -1.12. The number of aromatic carboxylic acids is 1. The van der Waals surface area contributed by atoms with E-state index in [1.54, 1.807) is 0 Å². The van der Waals surface area contributed by atoms with Gasteiger partial charge in [-0.25, -0.2) is 4.79 Å². The molecular formula is C9H11NO5. The Morgan fingerprint density at radius 2 is 2.00 bits per heavy atom. The van der Waals surface area contributed by atoms with Gasteiger partial charge in [0.2, 0.25) is 0 Å². The number of rotatable bonds is 4. The van der Waals surface area contributed by atoms with Gasteiger partial charge in [-0.3, -0.25) is 4.79 Å². The van der Waals surface area contributed by atoms with Crippen molar-refractivity contribution >= 4 is 5.97 Å². The number of aromatic nitrogens is 1. The molecule has 0 atom stereocenters. The minimum absolute atomic E-state index is 0.385. The molecule has 0 radical (unpaired) electrons. The fourth-order valence-corrected chi connectivity index (χ4v) is 1.19. The number of hydrogen-bond acceptors (Lipinski definition) is 4. The summed E-state index contributed by atoms with van der Waals surface area (Å²) in [6.07, 6.45) is 1.33. The molecule has 1 rings (SSSR count). The number of aliphatic hydroxyl groups is 2. The van der Waals surface area contributed by atoms with E-state index in [0.29, 0.717) is 0 Å². The number of hydrogen-bond donors (Lipinski definition) is 3. The van der Waals surface area contributed by atoms with Crippen LogP contribution < -0.4 is 5.56 Å². The minimum atomic E-state index is -1.33. The monoisotopic (exact) mass is 213 g/mol. The lowest BCUT2D eigenvalue weighted by molar-refractivity contribution is 0.0692. The van der Waals surface area contributed by atoms with Crippen LogP contribution in [0.5, 0.6) is 0 Å². The Labute approximate surface area is 85.0 Å². The summed E-state index contributed by atoms with van der Waals surface area (Å²) in [5.74, 6) is -1.33. The standard InChI is InChI=1S/C9H11NO5/c11-4-6(5-12)10-3-1-2-7(8(10)13)9(14)15/h1-3,6,11-12H,4-5H2,(H,14,15). The van der Waals surface area contributed by atoms with E-state index in [0.717, 1.165) is 4.57 Å². The van der Waals surface area contributed by atoms with Crippen molar-refractivity contribution in [3.63, 3.8) is 0 Å². The van der Waals surface area contributed by atoms with Gasteiger partial charge in [0.25, 0.3) is 5.56 Å². The third-order valence-corrected chi connectivity index (χ3v) is 2.02. The lowest BCUT2D eigenvalue weighted by Crippen LogP contribution is -2.32. The van der Waals surface area contributed by atoms with Crippen LogP contribution in [-0.4, -0.2) is 39.1 Å². The average molecular weight is 213 g/mol. The lowest BCUT2D eigenvalue weighted by Gasteiger charge is -2.14. The third-order valence-electron chi connectivity index (χ3n) is 2.02. The van der Waals surface area contributed by atoms with Crippen LogP contribution in [0.4, 0.5) is 0 Å². The summed E-state index contributed by atoms with van der Waals surface area (Å²) in [7, 11) is 0. The van der Waals surface area contributed by atoms with Crippen molar-refractivity contribution in [3.05, 3.63) is 34.2 Å². The summed E-state index contributed by atoms with van der Waals surface area (Å²) >= 11 is 0. The number of nitrogens with zero attached hydrogens (tertiary/aromatic N) is 1. The number of aliphatic hydroxyl groups excluding tert-OH is 2. The molecule has 0 aromatic carbocycles. The van der Waals surface area contributed by atoms with Gasteiger partial charge in [-0.15, -0.1) is 0 Å². The Hall–Kier alpha value is -1.66. The van der Waals surface area contributed by atoms with Crippen LogP contribution in [0.15, 0.2) is 23.1 Å². The summed E-state index contributed by atoms with van der Waals surface area (Å²) in [6, 6.07) is 1.74. The van der Waals surface area contributed by atoms with Gasteiger partial charge in [0, 0.05) is 6.20 Å². The molecule has 6 nitrogen and oxygen atoms in total. The maximum atomic E-state index is 11.5. The van der Waals surface area contributed by atoms with E-state index in [-0.39, 0.29) is 5.56 Å². The zero-order valence-electron chi connectivity index (χ0n) is 7.83. The van der Waals surface area contributed by atoms with Gasteiger partial charge in [-0.1, -0.05) is 0 Å². The Bertz CT molecular complexity index is 407. The molecule has 1 aromatic heterocycles. The molecule has 0 fully saturated rings. The van der Waals surface area contributed by atoms with E-state index < -0.39 is 30.8 Å². The molecule has 0 bridgehead atoms. The van der Waals surface area contributed by atoms with E-state index >= 15 is 0 Å². The van der Waals surface area contributed by atoms with Crippen molar-refractivity contribution in [3.8, 4) is 0 Å². The van der Waals surface area contributed by atoms with Gasteiger partial charge in [0.15, 0.2) is 0 Å². The highest BCUT2D eigenvalue weighted by Gasteiger charge is 2.15. The number of carbonyl (C=O) groups is 1. The predicted molar refractivity (Wildman–Crippen MR) is 50.9 cm³/mol. The van der Waals surface area contributed by atoms with Crippen molar-refractivity contribution in [1.29, 1.82) is 0 Å². The lowest BCUT2D eigenvalue weighted by atomic mass is 10.2. The third kappa shape index (κ3) is 2.23. The maximum absolute atomic E-state index is 11.5. The zero-order chi connectivity index (χ0) is 11.4.